The van der Waals surface area contributed by atoms with Gasteiger partial charge < -0.3 is 0 Å². The molecule has 2 aromatic rings. The van der Waals surface area contributed by atoms with E-state index in [1.807, 2.05) is 31.2 Å². The Morgan fingerprint density at radius 2 is 1.83 bits per heavy atom. The third-order valence-corrected chi connectivity index (χ3v) is 5.21. The van der Waals surface area contributed by atoms with Gasteiger partial charge in [0, 0.05) is 15.4 Å². The zero-order chi connectivity index (χ0) is 17.4. The molecule has 1 heterocycles. The summed E-state index contributed by atoms with van der Waals surface area (Å²) >= 11 is 21.5. The number of rotatable bonds is 3. The maximum absolute atomic E-state index is 11.7. The smallest absolute Gasteiger partial charge is 0.268 e. The number of halogens is 4. The number of anilines is 1. The fraction of sp³-hybridized carbons (Fsp3) is 0.176. The second-order valence-corrected chi connectivity index (χ2v) is 7.59. The van der Waals surface area contributed by atoms with E-state index in [4.69, 9.17) is 34.8 Å². The molecular formula is C17H12BrCl3N2O. The molecule has 124 valence electrons. The fourth-order valence-corrected chi connectivity index (χ4v) is 3.78. The van der Waals surface area contributed by atoms with Gasteiger partial charge in [0.05, 0.1) is 16.8 Å². The van der Waals surface area contributed by atoms with Crippen LogP contribution in [0.3, 0.4) is 0 Å². The maximum atomic E-state index is 11.7. The molecule has 0 bridgehead atoms. The topological polar surface area (TPSA) is 32.7 Å². The average Bonchev–Trinajstić information content (AvgIpc) is 2.86. The Labute approximate surface area is 163 Å². The Bertz CT molecular complexity index is 823. The first-order chi connectivity index (χ1) is 11.4. The molecule has 3 nitrogen and oxygen atoms in total. The SMILES string of the molecule is C[C@@H]1C(C(=O)Cl)=NN(c2ccc(Cl)cc2Cl)[C@@H]1c1ccc(Br)cc1. The summed E-state index contributed by atoms with van der Waals surface area (Å²) in [5.41, 5.74) is 2.00. The van der Waals surface area contributed by atoms with Gasteiger partial charge in [0.15, 0.2) is 0 Å². The Kier molecular flexibility index (Phi) is 5.21. The van der Waals surface area contributed by atoms with Gasteiger partial charge >= 0.3 is 0 Å². The third kappa shape index (κ3) is 3.33. The van der Waals surface area contributed by atoms with Crippen LogP contribution in [0.15, 0.2) is 52.0 Å². The average molecular weight is 447 g/mol. The summed E-state index contributed by atoms with van der Waals surface area (Å²) in [6, 6.07) is 12.9. The van der Waals surface area contributed by atoms with E-state index in [2.05, 4.69) is 21.0 Å². The van der Waals surface area contributed by atoms with Gasteiger partial charge in [0.2, 0.25) is 0 Å². The molecule has 2 aromatic carbocycles. The number of hydrogen-bond acceptors (Lipinski definition) is 3. The number of carbonyl (C=O) groups is 1. The van der Waals surface area contributed by atoms with E-state index in [0.29, 0.717) is 21.4 Å². The van der Waals surface area contributed by atoms with Crippen molar-refractivity contribution in [1.29, 1.82) is 0 Å². The molecule has 0 unspecified atom stereocenters. The highest BCUT2D eigenvalue weighted by Gasteiger charge is 2.39. The summed E-state index contributed by atoms with van der Waals surface area (Å²) in [7, 11) is 0. The lowest BCUT2D eigenvalue weighted by atomic mass is 9.92. The van der Waals surface area contributed by atoms with Crippen LogP contribution in [0.5, 0.6) is 0 Å². The number of hydrogen-bond donors (Lipinski definition) is 0. The van der Waals surface area contributed by atoms with E-state index in [1.54, 1.807) is 23.2 Å². The first-order valence-corrected chi connectivity index (χ1v) is 9.09. The molecule has 0 aromatic heterocycles. The highest BCUT2D eigenvalue weighted by molar-refractivity contribution is 9.10. The van der Waals surface area contributed by atoms with E-state index in [1.165, 1.54) is 0 Å². The molecule has 7 heteroatoms. The molecule has 2 atom stereocenters. The van der Waals surface area contributed by atoms with Crippen LogP contribution in [0.1, 0.15) is 18.5 Å². The Morgan fingerprint density at radius 1 is 1.17 bits per heavy atom. The van der Waals surface area contributed by atoms with Crippen molar-refractivity contribution in [1.82, 2.24) is 0 Å². The number of nitrogens with zero attached hydrogens (tertiary/aromatic N) is 2. The molecular weight excluding hydrogens is 434 g/mol. The largest absolute Gasteiger partial charge is 0.274 e. The second-order valence-electron chi connectivity index (χ2n) is 5.48. The monoisotopic (exact) mass is 444 g/mol. The lowest BCUT2D eigenvalue weighted by molar-refractivity contribution is -0.106. The molecule has 0 saturated carbocycles. The van der Waals surface area contributed by atoms with Crippen molar-refractivity contribution < 1.29 is 4.79 Å². The quantitative estimate of drug-likeness (QED) is 0.536. The summed E-state index contributed by atoms with van der Waals surface area (Å²) in [6.45, 7) is 1.93. The third-order valence-electron chi connectivity index (χ3n) is 3.95. The van der Waals surface area contributed by atoms with Crippen molar-refractivity contribution in [3.8, 4) is 0 Å². The van der Waals surface area contributed by atoms with Crippen LogP contribution in [0.2, 0.25) is 10.0 Å². The summed E-state index contributed by atoms with van der Waals surface area (Å²) in [5, 5.41) is 6.62. The zero-order valence-corrected chi connectivity index (χ0v) is 16.4. The molecule has 0 radical (unpaired) electrons. The van der Waals surface area contributed by atoms with Crippen molar-refractivity contribution in [2.24, 2.45) is 11.0 Å². The fourth-order valence-electron chi connectivity index (χ4n) is 2.81. The van der Waals surface area contributed by atoms with Crippen molar-refractivity contribution in [2.75, 3.05) is 5.01 Å². The molecule has 0 aliphatic carbocycles. The van der Waals surface area contributed by atoms with E-state index < -0.39 is 5.24 Å². The van der Waals surface area contributed by atoms with Crippen LogP contribution < -0.4 is 5.01 Å². The summed E-state index contributed by atoms with van der Waals surface area (Å²) < 4.78 is 0.975. The number of benzene rings is 2. The van der Waals surface area contributed by atoms with Gasteiger partial charge in [-0.3, -0.25) is 9.80 Å². The van der Waals surface area contributed by atoms with E-state index in [-0.39, 0.29) is 12.0 Å². The van der Waals surface area contributed by atoms with Crippen LogP contribution in [-0.2, 0) is 4.79 Å². The van der Waals surface area contributed by atoms with Crippen LogP contribution in [-0.4, -0.2) is 11.0 Å². The predicted molar refractivity (Wildman–Crippen MR) is 103 cm³/mol. The molecule has 0 spiro atoms. The van der Waals surface area contributed by atoms with Gasteiger partial charge in [-0.05, 0) is 47.5 Å². The highest BCUT2D eigenvalue weighted by atomic mass is 79.9. The van der Waals surface area contributed by atoms with Gasteiger partial charge in [0.1, 0.15) is 5.71 Å². The maximum Gasteiger partial charge on any atom is 0.268 e. The van der Waals surface area contributed by atoms with Crippen LogP contribution in [0.25, 0.3) is 0 Å². The minimum Gasteiger partial charge on any atom is -0.274 e. The molecule has 0 amide bonds. The molecule has 0 fully saturated rings. The highest BCUT2D eigenvalue weighted by Crippen LogP contribution is 2.42. The molecule has 0 saturated heterocycles. The first kappa shape index (κ1) is 17.7. The van der Waals surface area contributed by atoms with Crippen molar-refractivity contribution in [2.45, 2.75) is 13.0 Å². The first-order valence-electron chi connectivity index (χ1n) is 7.16. The van der Waals surface area contributed by atoms with Crippen molar-refractivity contribution >= 4 is 67.4 Å². The standard InChI is InChI=1S/C17H12BrCl3N2O/c1-9-15(17(21)24)22-23(14-7-6-12(19)8-13(14)20)16(9)10-2-4-11(18)5-3-10/h2-9,16H,1H3/t9-,16+/m1/s1. The van der Waals surface area contributed by atoms with Gasteiger partial charge in [0.25, 0.3) is 5.24 Å². The van der Waals surface area contributed by atoms with E-state index in [9.17, 15) is 4.79 Å². The number of hydrazone groups is 1. The van der Waals surface area contributed by atoms with E-state index in [0.717, 1.165) is 10.0 Å². The second kappa shape index (κ2) is 7.04. The lowest BCUT2D eigenvalue weighted by Crippen LogP contribution is -2.25. The summed E-state index contributed by atoms with van der Waals surface area (Å²) in [6.07, 6.45) is 0. The van der Waals surface area contributed by atoms with Gasteiger partial charge in [-0.1, -0.05) is 58.2 Å². The van der Waals surface area contributed by atoms with Gasteiger partial charge in [-0.15, -0.1) is 0 Å². The van der Waals surface area contributed by atoms with Crippen LogP contribution in [0, 0.1) is 5.92 Å². The zero-order valence-electron chi connectivity index (χ0n) is 12.5. The van der Waals surface area contributed by atoms with Crippen LogP contribution >= 0.6 is 50.7 Å². The van der Waals surface area contributed by atoms with E-state index >= 15 is 0 Å². The minimum atomic E-state index is -0.558. The minimum absolute atomic E-state index is 0.178. The lowest BCUT2D eigenvalue weighted by Gasteiger charge is -2.27. The molecule has 3 rings (SSSR count). The Morgan fingerprint density at radius 3 is 2.42 bits per heavy atom. The Hall–Kier alpha value is -1.07. The van der Waals surface area contributed by atoms with Gasteiger partial charge in [-0.25, -0.2) is 0 Å². The Balaban J connectivity index is 2.11. The molecule has 1 aliphatic heterocycles. The van der Waals surface area contributed by atoms with Crippen molar-refractivity contribution in [3.05, 3.63) is 62.5 Å². The van der Waals surface area contributed by atoms with Gasteiger partial charge in [-0.2, -0.15) is 5.10 Å². The summed E-state index contributed by atoms with van der Waals surface area (Å²) in [5.74, 6) is -0.178. The van der Waals surface area contributed by atoms with Crippen molar-refractivity contribution in [3.63, 3.8) is 0 Å². The normalized spacial score (nSPS) is 20.2. The molecule has 24 heavy (non-hydrogen) atoms. The molecule has 0 N–H and O–H groups in total. The van der Waals surface area contributed by atoms with Crippen LogP contribution in [0.4, 0.5) is 5.69 Å². The molecule has 1 aliphatic rings. The predicted octanol–water partition coefficient (Wildman–Crippen LogP) is 6.07. The summed E-state index contributed by atoms with van der Waals surface area (Å²) in [4.78, 5) is 11.7. The number of carbonyl (C=O) groups excluding carboxylic acids is 1.